The standard InChI is InChI=1S/C23H27N3O5S/c1-5-6-20(27)26-23-25-16-9-7-14(11-19(16)32-23)8-10-21(28)24-15-12-17(29-2)22(31-4)18(13-15)30-3/h7,9,11-13H,5-6,8,10H2,1-4H3,(H,24,28)(H,25,26,27). The van der Waals surface area contributed by atoms with E-state index < -0.39 is 0 Å². The summed E-state index contributed by atoms with van der Waals surface area (Å²) in [4.78, 5) is 28.7. The highest BCUT2D eigenvalue weighted by Gasteiger charge is 2.15. The first-order valence-electron chi connectivity index (χ1n) is 10.3. The third-order valence-electron chi connectivity index (χ3n) is 4.77. The van der Waals surface area contributed by atoms with Gasteiger partial charge in [0.05, 0.1) is 31.5 Å². The fourth-order valence-corrected chi connectivity index (χ4v) is 4.17. The van der Waals surface area contributed by atoms with Crippen LogP contribution in [0.5, 0.6) is 17.2 Å². The summed E-state index contributed by atoms with van der Waals surface area (Å²) in [5, 5.41) is 6.30. The fraction of sp³-hybridized carbons (Fsp3) is 0.348. The number of thiazole rings is 1. The number of aromatic nitrogens is 1. The van der Waals surface area contributed by atoms with Gasteiger partial charge in [0.1, 0.15) is 0 Å². The SMILES string of the molecule is CCCC(=O)Nc1nc2ccc(CCC(=O)Nc3cc(OC)c(OC)c(OC)c3)cc2s1. The molecule has 2 N–H and O–H groups in total. The first-order valence-corrected chi connectivity index (χ1v) is 11.1. The summed E-state index contributed by atoms with van der Waals surface area (Å²) in [7, 11) is 4.58. The van der Waals surface area contributed by atoms with E-state index in [0.717, 1.165) is 22.2 Å². The molecule has 2 aromatic carbocycles. The number of rotatable bonds is 10. The van der Waals surface area contributed by atoms with Crippen molar-refractivity contribution in [2.75, 3.05) is 32.0 Å². The monoisotopic (exact) mass is 457 g/mol. The van der Waals surface area contributed by atoms with Crippen LogP contribution in [0.25, 0.3) is 10.2 Å². The number of ether oxygens (including phenoxy) is 3. The molecule has 0 bridgehead atoms. The van der Waals surface area contributed by atoms with E-state index in [-0.39, 0.29) is 11.8 Å². The zero-order chi connectivity index (χ0) is 23.1. The number of amides is 2. The van der Waals surface area contributed by atoms with E-state index >= 15 is 0 Å². The van der Waals surface area contributed by atoms with Gasteiger partial charge >= 0.3 is 0 Å². The van der Waals surface area contributed by atoms with Gasteiger partial charge in [-0.2, -0.15) is 0 Å². The van der Waals surface area contributed by atoms with Gasteiger partial charge < -0.3 is 24.8 Å². The summed E-state index contributed by atoms with van der Waals surface area (Å²) in [6, 6.07) is 9.25. The number of aryl methyl sites for hydroxylation is 1. The first kappa shape index (κ1) is 23.3. The number of nitrogens with zero attached hydrogens (tertiary/aromatic N) is 1. The summed E-state index contributed by atoms with van der Waals surface area (Å²) < 4.78 is 16.9. The van der Waals surface area contributed by atoms with Gasteiger partial charge in [0.2, 0.25) is 17.6 Å². The second kappa shape index (κ2) is 10.8. The lowest BCUT2D eigenvalue weighted by molar-refractivity contribution is -0.117. The molecule has 0 saturated carbocycles. The molecule has 1 heterocycles. The molecule has 8 nitrogen and oxygen atoms in total. The topological polar surface area (TPSA) is 98.8 Å². The molecule has 170 valence electrons. The van der Waals surface area contributed by atoms with Crippen LogP contribution in [0.1, 0.15) is 31.7 Å². The highest BCUT2D eigenvalue weighted by molar-refractivity contribution is 7.22. The van der Waals surface area contributed by atoms with Gasteiger partial charge in [0, 0.05) is 30.7 Å². The molecule has 9 heteroatoms. The number of carbonyl (C=O) groups excluding carboxylic acids is 2. The van der Waals surface area contributed by atoms with Crippen molar-refractivity contribution in [3.63, 3.8) is 0 Å². The molecule has 1 aromatic heterocycles. The van der Waals surface area contributed by atoms with Crippen LogP contribution in [0.2, 0.25) is 0 Å². The Balaban J connectivity index is 1.64. The number of anilines is 2. The summed E-state index contributed by atoms with van der Waals surface area (Å²) >= 11 is 1.43. The Bertz CT molecular complexity index is 1090. The van der Waals surface area contributed by atoms with Gasteiger partial charge in [0.25, 0.3) is 0 Å². The Hall–Kier alpha value is -3.33. The predicted molar refractivity (Wildman–Crippen MR) is 126 cm³/mol. The van der Waals surface area contributed by atoms with Crippen LogP contribution in [-0.4, -0.2) is 38.1 Å². The minimum absolute atomic E-state index is 0.0322. The molecule has 0 spiro atoms. The number of benzene rings is 2. The Labute approximate surface area is 190 Å². The van der Waals surface area contributed by atoms with Crippen molar-refractivity contribution in [3.8, 4) is 17.2 Å². The maximum Gasteiger partial charge on any atom is 0.226 e. The van der Waals surface area contributed by atoms with Gasteiger partial charge in [-0.25, -0.2) is 4.98 Å². The fourth-order valence-electron chi connectivity index (χ4n) is 3.22. The van der Waals surface area contributed by atoms with E-state index in [0.29, 0.717) is 47.3 Å². The highest BCUT2D eigenvalue weighted by Crippen LogP contribution is 2.40. The number of methoxy groups -OCH3 is 3. The van der Waals surface area contributed by atoms with Crippen molar-refractivity contribution in [1.82, 2.24) is 4.98 Å². The normalized spacial score (nSPS) is 10.6. The number of carbonyl (C=O) groups is 2. The smallest absolute Gasteiger partial charge is 0.226 e. The Morgan fingerprint density at radius 1 is 0.938 bits per heavy atom. The lowest BCUT2D eigenvalue weighted by Gasteiger charge is -2.14. The Kier molecular flexibility index (Phi) is 7.88. The number of hydrogen-bond donors (Lipinski definition) is 2. The molecule has 0 aliphatic carbocycles. The predicted octanol–water partition coefficient (Wildman–Crippen LogP) is 4.63. The first-order chi connectivity index (χ1) is 15.5. The maximum absolute atomic E-state index is 12.5. The number of nitrogens with one attached hydrogen (secondary N) is 2. The van der Waals surface area contributed by atoms with Crippen molar-refractivity contribution < 1.29 is 23.8 Å². The summed E-state index contributed by atoms with van der Waals surface area (Å²) in [5.41, 5.74) is 2.41. The molecular weight excluding hydrogens is 430 g/mol. The third kappa shape index (κ3) is 5.67. The van der Waals surface area contributed by atoms with Gasteiger partial charge in [-0.05, 0) is 30.5 Å². The summed E-state index contributed by atoms with van der Waals surface area (Å²) in [6.45, 7) is 1.96. The van der Waals surface area contributed by atoms with Crippen LogP contribution in [-0.2, 0) is 16.0 Å². The molecule has 0 radical (unpaired) electrons. The van der Waals surface area contributed by atoms with Crippen LogP contribution >= 0.6 is 11.3 Å². The van der Waals surface area contributed by atoms with Crippen molar-refractivity contribution in [1.29, 1.82) is 0 Å². The van der Waals surface area contributed by atoms with E-state index in [1.807, 2.05) is 25.1 Å². The molecule has 0 aliphatic rings. The van der Waals surface area contributed by atoms with E-state index in [2.05, 4.69) is 15.6 Å². The van der Waals surface area contributed by atoms with Crippen LogP contribution in [0.3, 0.4) is 0 Å². The average Bonchev–Trinajstić information content (AvgIpc) is 3.18. The minimum Gasteiger partial charge on any atom is -0.493 e. The van der Waals surface area contributed by atoms with Crippen molar-refractivity contribution in [2.24, 2.45) is 0 Å². The quantitative estimate of drug-likeness (QED) is 0.460. The Morgan fingerprint density at radius 3 is 2.25 bits per heavy atom. The van der Waals surface area contributed by atoms with Crippen molar-refractivity contribution in [2.45, 2.75) is 32.6 Å². The lowest BCUT2D eigenvalue weighted by atomic mass is 10.1. The molecule has 0 aliphatic heterocycles. The number of hydrogen-bond acceptors (Lipinski definition) is 7. The summed E-state index contributed by atoms with van der Waals surface area (Å²) in [5.74, 6) is 1.25. The zero-order valence-corrected chi connectivity index (χ0v) is 19.4. The molecule has 3 rings (SSSR count). The highest BCUT2D eigenvalue weighted by atomic mass is 32.1. The molecule has 32 heavy (non-hydrogen) atoms. The zero-order valence-electron chi connectivity index (χ0n) is 18.6. The van der Waals surface area contributed by atoms with Crippen molar-refractivity contribution in [3.05, 3.63) is 35.9 Å². The van der Waals surface area contributed by atoms with Crippen LogP contribution in [0.4, 0.5) is 10.8 Å². The molecule has 3 aromatic rings. The molecule has 0 atom stereocenters. The van der Waals surface area contributed by atoms with Gasteiger partial charge in [-0.3, -0.25) is 9.59 Å². The molecule has 0 saturated heterocycles. The molecule has 2 amide bonds. The average molecular weight is 458 g/mol. The van der Waals surface area contributed by atoms with Gasteiger partial charge in [-0.15, -0.1) is 0 Å². The molecule has 0 fully saturated rings. The second-order valence-electron chi connectivity index (χ2n) is 7.08. The van der Waals surface area contributed by atoms with Crippen LogP contribution < -0.4 is 24.8 Å². The maximum atomic E-state index is 12.5. The molecular formula is C23H27N3O5S. The van der Waals surface area contributed by atoms with Crippen LogP contribution in [0, 0.1) is 0 Å². The van der Waals surface area contributed by atoms with E-state index in [9.17, 15) is 9.59 Å². The lowest BCUT2D eigenvalue weighted by Crippen LogP contribution is -2.12. The van der Waals surface area contributed by atoms with Gasteiger partial charge in [0.15, 0.2) is 16.6 Å². The van der Waals surface area contributed by atoms with E-state index in [1.54, 1.807) is 12.1 Å². The van der Waals surface area contributed by atoms with Gasteiger partial charge in [-0.1, -0.05) is 24.3 Å². The van der Waals surface area contributed by atoms with Crippen LogP contribution in [0.15, 0.2) is 30.3 Å². The number of fused-ring (bicyclic) bond motifs is 1. The van der Waals surface area contributed by atoms with E-state index in [4.69, 9.17) is 14.2 Å². The summed E-state index contributed by atoms with van der Waals surface area (Å²) in [6.07, 6.45) is 2.14. The molecule has 0 unspecified atom stereocenters. The minimum atomic E-state index is -0.129. The largest absolute Gasteiger partial charge is 0.493 e. The van der Waals surface area contributed by atoms with E-state index in [1.165, 1.54) is 32.7 Å². The second-order valence-corrected chi connectivity index (χ2v) is 8.11. The van der Waals surface area contributed by atoms with Crippen molar-refractivity contribution >= 4 is 44.2 Å². The third-order valence-corrected chi connectivity index (χ3v) is 5.70. The Morgan fingerprint density at radius 2 is 1.62 bits per heavy atom.